The van der Waals surface area contributed by atoms with Crippen LogP contribution in [0.1, 0.15) is 32.6 Å². The van der Waals surface area contributed by atoms with Gasteiger partial charge in [0.1, 0.15) is 0 Å². The largest absolute Gasteiger partial charge is 5.00 e. The van der Waals surface area contributed by atoms with E-state index in [4.69, 9.17) is 5.73 Å². The molecule has 0 amide bonds. The number of hydrogen-bond donors (Lipinski definition) is 1. The molecule has 0 spiro atoms. The third kappa shape index (κ3) is 72.2. The van der Waals surface area contributed by atoms with Crippen molar-refractivity contribution in [3.05, 3.63) is 0 Å². The monoisotopic (exact) mass is 367 g/mol. The van der Waals surface area contributed by atoms with Crippen molar-refractivity contribution >= 4 is 0 Å². The van der Waals surface area contributed by atoms with Crippen LogP contribution in [0.25, 0.3) is 0 Å². The third-order valence-corrected chi connectivity index (χ3v) is 1.06. The smallest absolute Gasteiger partial charge is 2.00 e. The van der Waals surface area contributed by atoms with E-state index in [9.17, 15) is 0 Å². The standard InChI is InChI=1S/C6H15N.2Nb.5O/c1-2-3-4-5-6-7;;;;;;;/h2-7H2,1H3;;;;;;;/q;2*+5;5*-2. The van der Waals surface area contributed by atoms with Crippen LogP contribution in [0.5, 0.6) is 0 Å². The van der Waals surface area contributed by atoms with E-state index in [1.807, 2.05) is 0 Å². The summed E-state index contributed by atoms with van der Waals surface area (Å²) in [6.07, 6.45) is 5.16. The second-order valence-corrected chi connectivity index (χ2v) is 1.85. The predicted octanol–water partition coefficient (Wildman–Crippen LogP) is 0.926. The summed E-state index contributed by atoms with van der Waals surface area (Å²) in [6, 6.07) is 0. The van der Waals surface area contributed by atoms with Crippen LogP contribution >= 0.6 is 0 Å². The molecule has 0 aromatic rings. The molecule has 0 aromatic heterocycles. The van der Waals surface area contributed by atoms with Crippen LogP contribution in [-0.4, -0.2) is 6.54 Å². The van der Waals surface area contributed by atoms with E-state index in [2.05, 4.69) is 6.92 Å². The summed E-state index contributed by atoms with van der Waals surface area (Å²) in [5, 5.41) is 0. The molecule has 0 aliphatic heterocycles. The molecule has 0 aliphatic carbocycles. The Kier molecular flexibility index (Phi) is 270. The molecule has 0 saturated carbocycles. The fourth-order valence-electron chi connectivity index (χ4n) is 0.571. The van der Waals surface area contributed by atoms with Gasteiger partial charge in [-0.05, 0) is 13.0 Å². The summed E-state index contributed by atoms with van der Waals surface area (Å²) in [5.41, 5.74) is 5.27. The minimum atomic E-state index is 0. The maximum Gasteiger partial charge on any atom is 5.00 e. The number of rotatable bonds is 4. The summed E-state index contributed by atoms with van der Waals surface area (Å²) in [5.74, 6) is 0. The van der Waals surface area contributed by atoms with Crippen molar-refractivity contribution in [1.82, 2.24) is 0 Å². The molecule has 0 radical (unpaired) electrons. The molecular weight excluding hydrogens is 352 g/mol. The van der Waals surface area contributed by atoms with Crippen LogP contribution in [0.2, 0.25) is 0 Å². The van der Waals surface area contributed by atoms with Crippen LogP contribution in [0.15, 0.2) is 0 Å². The van der Waals surface area contributed by atoms with E-state index in [1.54, 1.807) is 0 Å². The number of nitrogens with two attached hydrogens (primary N) is 1. The van der Waals surface area contributed by atoms with Gasteiger partial charge in [-0.1, -0.05) is 26.2 Å². The fraction of sp³-hybridized carbons (Fsp3) is 1.00. The average molecular weight is 367 g/mol. The first-order valence-corrected chi connectivity index (χ1v) is 3.12. The SMILES string of the molecule is CCCCCCN.[Nb+5].[Nb+5].[O-2].[O-2].[O-2].[O-2].[O-2]. The summed E-state index contributed by atoms with van der Waals surface area (Å²) in [4.78, 5) is 0. The van der Waals surface area contributed by atoms with Gasteiger partial charge >= 0.3 is 44.8 Å². The molecule has 0 unspecified atom stereocenters. The first-order chi connectivity index (χ1) is 3.41. The molecule has 0 saturated heterocycles. The maximum absolute atomic E-state index is 5.27. The van der Waals surface area contributed by atoms with Gasteiger partial charge in [0.05, 0.1) is 0 Å². The second kappa shape index (κ2) is 64.1. The van der Waals surface area contributed by atoms with Gasteiger partial charge in [-0.3, -0.25) is 0 Å². The molecule has 0 aromatic carbocycles. The summed E-state index contributed by atoms with van der Waals surface area (Å²) in [6.45, 7) is 3.07. The maximum atomic E-state index is 5.27. The molecule has 14 heavy (non-hydrogen) atoms. The Morgan fingerprint density at radius 2 is 1.07 bits per heavy atom. The third-order valence-electron chi connectivity index (χ3n) is 1.06. The Morgan fingerprint density at radius 3 is 1.29 bits per heavy atom. The Balaban J connectivity index is -0.00000000857. The van der Waals surface area contributed by atoms with Crippen molar-refractivity contribution in [3.63, 3.8) is 0 Å². The Labute approximate surface area is 117 Å². The van der Waals surface area contributed by atoms with E-state index in [-0.39, 0.29) is 72.1 Å². The predicted molar refractivity (Wildman–Crippen MR) is 36.6 cm³/mol. The first-order valence-electron chi connectivity index (χ1n) is 3.12. The summed E-state index contributed by atoms with van der Waals surface area (Å²) in [7, 11) is 0. The molecule has 0 fully saturated rings. The van der Waals surface area contributed by atoms with E-state index in [0.29, 0.717) is 0 Å². The minimum absolute atomic E-state index is 0. The molecule has 0 atom stereocenters. The first kappa shape index (κ1) is 59.0. The average Bonchev–Trinajstić information content (AvgIpc) is 1.69. The van der Waals surface area contributed by atoms with Crippen molar-refractivity contribution in [2.24, 2.45) is 5.73 Å². The van der Waals surface area contributed by atoms with Gasteiger partial charge in [0.25, 0.3) is 0 Å². The van der Waals surface area contributed by atoms with Gasteiger partial charge in [-0.25, -0.2) is 0 Å². The van der Waals surface area contributed by atoms with E-state index in [1.165, 1.54) is 25.7 Å². The van der Waals surface area contributed by atoms with Gasteiger partial charge in [0.15, 0.2) is 0 Å². The topological polar surface area (TPSA) is 169 Å². The molecule has 2 N–H and O–H groups in total. The quantitative estimate of drug-likeness (QED) is 0.566. The van der Waals surface area contributed by atoms with Crippen molar-refractivity contribution < 1.29 is 72.1 Å². The van der Waals surface area contributed by atoms with Gasteiger partial charge in [-0.2, -0.15) is 0 Å². The zero-order valence-corrected chi connectivity index (χ0v) is 12.4. The fourth-order valence-corrected chi connectivity index (χ4v) is 0.571. The molecule has 0 aliphatic rings. The number of hydrogen-bond acceptors (Lipinski definition) is 1. The van der Waals surface area contributed by atoms with Crippen molar-refractivity contribution in [1.29, 1.82) is 0 Å². The molecule has 0 rings (SSSR count). The van der Waals surface area contributed by atoms with E-state index in [0.717, 1.165) is 6.54 Å². The molecule has 0 heterocycles. The van der Waals surface area contributed by atoms with Gasteiger partial charge < -0.3 is 33.1 Å². The van der Waals surface area contributed by atoms with Gasteiger partial charge in [0, 0.05) is 0 Å². The molecule has 8 heteroatoms. The molecule has 6 nitrogen and oxygen atoms in total. The number of unbranched alkanes of at least 4 members (excludes halogenated alkanes) is 3. The van der Waals surface area contributed by atoms with Crippen molar-refractivity contribution in [3.8, 4) is 0 Å². The van der Waals surface area contributed by atoms with Crippen LogP contribution in [-0.2, 0) is 72.1 Å². The van der Waals surface area contributed by atoms with Gasteiger partial charge in [-0.15, -0.1) is 0 Å². The van der Waals surface area contributed by atoms with E-state index >= 15 is 0 Å². The Bertz CT molecular complexity index is 43.4. The zero-order valence-electron chi connectivity index (χ0n) is 8.05. The zero-order chi connectivity index (χ0) is 5.54. The minimum Gasteiger partial charge on any atom is -2.00 e. The normalized spacial score (nSPS) is 4.71. The van der Waals surface area contributed by atoms with Crippen LogP contribution < -0.4 is 5.73 Å². The Hall–Kier alpha value is 1.24. The molecular formula is C6H15NNb2O5. The van der Waals surface area contributed by atoms with Crippen LogP contribution in [0.4, 0.5) is 0 Å². The molecule has 84 valence electrons. The van der Waals surface area contributed by atoms with Crippen molar-refractivity contribution in [2.75, 3.05) is 6.54 Å². The second-order valence-electron chi connectivity index (χ2n) is 1.85. The summed E-state index contributed by atoms with van der Waals surface area (Å²) >= 11 is 0. The van der Waals surface area contributed by atoms with E-state index < -0.39 is 0 Å². The van der Waals surface area contributed by atoms with Crippen LogP contribution in [0.3, 0.4) is 0 Å². The van der Waals surface area contributed by atoms with Crippen molar-refractivity contribution in [2.45, 2.75) is 32.6 Å². The van der Waals surface area contributed by atoms with Gasteiger partial charge in [0.2, 0.25) is 0 Å². The van der Waals surface area contributed by atoms with Crippen LogP contribution in [0, 0.1) is 0 Å². The molecule has 0 bridgehead atoms. The summed E-state index contributed by atoms with van der Waals surface area (Å²) < 4.78 is 0. The Morgan fingerprint density at radius 1 is 0.714 bits per heavy atom.